The van der Waals surface area contributed by atoms with Crippen LogP contribution >= 0.6 is 0 Å². The van der Waals surface area contributed by atoms with Gasteiger partial charge >= 0.3 is 0 Å². The predicted molar refractivity (Wildman–Crippen MR) is 91.7 cm³/mol. The van der Waals surface area contributed by atoms with Crippen LogP contribution in [0.25, 0.3) is 0 Å². The van der Waals surface area contributed by atoms with Crippen molar-refractivity contribution < 1.29 is 13.2 Å². The molecule has 0 bridgehead atoms. The molecule has 0 aromatic heterocycles. The third-order valence-corrected chi connectivity index (χ3v) is 5.27. The molecule has 1 aromatic carbocycles. The van der Waals surface area contributed by atoms with E-state index in [0.29, 0.717) is 11.1 Å². The standard InChI is InChI=1S/C17H26N2O3S/c1-17(2,3)18-23(21,22)13-14-8-7-9-15(12-14)16(20)19-10-5-4-6-11-19/h7-9,12,18H,4-6,10-11,13H2,1-3H3. The molecule has 0 saturated carbocycles. The molecule has 23 heavy (non-hydrogen) atoms. The molecular weight excluding hydrogens is 312 g/mol. The summed E-state index contributed by atoms with van der Waals surface area (Å²) < 4.78 is 27.0. The predicted octanol–water partition coefficient (Wildman–Crippen LogP) is 2.53. The molecule has 1 saturated heterocycles. The van der Waals surface area contributed by atoms with E-state index in [1.807, 2.05) is 4.90 Å². The zero-order valence-electron chi connectivity index (χ0n) is 14.1. The summed E-state index contributed by atoms with van der Waals surface area (Å²) in [6, 6.07) is 6.94. The number of benzene rings is 1. The molecule has 0 aliphatic carbocycles. The van der Waals surface area contributed by atoms with E-state index in [0.717, 1.165) is 25.9 Å². The summed E-state index contributed by atoms with van der Waals surface area (Å²) in [7, 11) is -3.43. The normalized spacial score (nSPS) is 16.4. The molecule has 2 rings (SSSR count). The minimum Gasteiger partial charge on any atom is -0.339 e. The van der Waals surface area contributed by atoms with E-state index >= 15 is 0 Å². The van der Waals surface area contributed by atoms with Gasteiger partial charge in [-0.2, -0.15) is 0 Å². The highest BCUT2D eigenvalue weighted by Crippen LogP contribution is 2.16. The molecule has 1 aromatic rings. The number of nitrogens with one attached hydrogen (secondary N) is 1. The van der Waals surface area contributed by atoms with Gasteiger partial charge in [-0.15, -0.1) is 0 Å². The minimum absolute atomic E-state index is 0.00673. The van der Waals surface area contributed by atoms with Gasteiger partial charge in [0, 0.05) is 24.2 Å². The fraction of sp³-hybridized carbons (Fsp3) is 0.588. The van der Waals surface area contributed by atoms with E-state index in [4.69, 9.17) is 0 Å². The lowest BCUT2D eigenvalue weighted by molar-refractivity contribution is 0.0724. The highest BCUT2D eigenvalue weighted by molar-refractivity contribution is 7.88. The van der Waals surface area contributed by atoms with Crippen molar-refractivity contribution in [1.29, 1.82) is 0 Å². The van der Waals surface area contributed by atoms with Crippen LogP contribution in [0.3, 0.4) is 0 Å². The Kier molecular flexibility index (Phi) is 5.47. The Morgan fingerprint density at radius 3 is 2.43 bits per heavy atom. The van der Waals surface area contributed by atoms with E-state index < -0.39 is 15.6 Å². The highest BCUT2D eigenvalue weighted by atomic mass is 32.2. The lowest BCUT2D eigenvalue weighted by atomic mass is 10.1. The molecule has 1 amide bonds. The molecule has 0 spiro atoms. The number of rotatable bonds is 4. The van der Waals surface area contributed by atoms with Crippen molar-refractivity contribution >= 4 is 15.9 Å². The van der Waals surface area contributed by atoms with E-state index in [1.54, 1.807) is 45.0 Å². The summed E-state index contributed by atoms with van der Waals surface area (Å²) in [5, 5.41) is 0. The van der Waals surface area contributed by atoms with E-state index in [9.17, 15) is 13.2 Å². The van der Waals surface area contributed by atoms with E-state index in [-0.39, 0.29) is 11.7 Å². The lowest BCUT2D eigenvalue weighted by Crippen LogP contribution is -2.41. The molecule has 128 valence electrons. The number of carbonyl (C=O) groups is 1. The maximum Gasteiger partial charge on any atom is 0.253 e. The zero-order chi connectivity index (χ0) is 17.1. The molecular formula is C17H26N2O3S. The second-order valence-electron chi connectivity index (χ2n) is 7.16. The Labute approximate surface area is 139 Å². The van der Waals surface area contributed by atoms with Gasteiger partial charge in [0.05, 0.1) is 5.75 Å². The Morgan fingerprint density at radius 2 is 1.83 bits per heavy atom. The maximum absolute atomic E-state index is 12.5. The van der Waals surface area contributed by atoms with E-state index in [2.05, 4.69) is 4.72 Å². The quantitative estimate of drug-likeness (QED) is 0.917. The molecule has 1 N–H and O–H groups in total. The number of carbonyl (C=O) groups excluding carboxylic acids is 1. The molecule has 1 aliphatic rings. The van der Waals surface area contributed by atoms with Crippen LogP contribution in [-0.4, -0.2) is 37.9 Å². The van der Waals surface area contributed by atoms with Gasteiger partial charge in [-0.25, -0.2) is 13.1 Å². The number of hydrogen-bond acceptors (Lipinski definition) is 3. The Morgan fingerprint density at radius 1 is 1.17 bits per heavy atom. The van der Waals surface area contributed by atoms with Gasteiger partial charge in [-0.3, -0.25) is 4.79 Å². The van der Waals surface area contributed by atoms with Gasteiger partial charge < -0.3 is 4.90 Å². The van der Waals surface area contributed by atoms with Crippen molar-refractivity contribution in [3.8, 4) is 0 Å². The van der Waals surface area contributed by atoms with Crippen LogP contribution in [0.15, 0.2) is 24.3 Å². The van der Waals surface area contributed by atoms with Crippen molar-refractivity contribution in [2.75, 3.05) is 13.1 Å². The molecule has 0 unspecified atom stereocenters. The van der Waals surface area contributed by atoms with Gasteiger partial charge in [-0.05, 0) is 57.7 Å². The van der Waals surface area contributed by atoms with Crippen molar-refractivity contribution in [2.24, 2.45) is 0 Å². The summed E-state index contributed by atoms with van der Waals surface area (Å²) in [6.07, 6.45) is 3.24. The van der Waals surface area contributed by atoms with Gasteiger partial charge in [0.15, 0.2) is 0 Å². The molecule has 5 nitrogen and oxygen atoms in total. The number of amides is 1. The Bertz CT molecular complexity index is 657. The Hall–Kier alpha value is -1.40. The topological polar surface area (TPSA) is 66.5 Å². The van der Waals surface area contributed by atoms with Crippen molar-refractivity contribution in [3.05, 3.63) is 35.4 Å². The summed E-state index contributed by atoms with van der Waals surface area (Å²) >= 11 is 0. The third-order valence-electron chi connectivity index (χ3n) is 3.64. The number of hydrogen-bond donors (Lipinski definition) is 1. The summed E-state index contributed by atoms with van der Waals surface area (Å²) in [5.41, 5.74) is 0.681. The van der Waals surface area contributed by atoms with Crippen LogP contribution in [0.5, 0.6) is 0 Å². The number of nitrogens with zero attached hydrogens (tertiary/aromatic N) is 1. The van der Waals surface area contributed by atoms with Gasteiger partial charge in [0.25, 0.3) is 5.91 Å². The van der Waals surface area contributed by atoms with Crippen molar-refractivity contribution in [3.63, 3.8) is 0 Å². The first-order valence-electron chi connectivity index (χ1n) is 8.06. The first-order valence-corrected chi connectivity index (χ1v) is 9.71. The van der Waals surface area contributed by atoms with Crippen molar-refractivity contribution in [1.82, 2.24) is 9.62 Å². The first-order chi connectivity index (χ1) is 10.7. The van der Waals surface area contributed by atoms with Crippen molar-refractivity contribution in [2.45, 2.75) is 51.3 Å². The fourth-order valence-corrected chi connectivity index (χ4v) is 4.42. The number of sulfonamides is 1. The molecule has 0 radical (unpaired) electrons. The highest BCUT2D eigenvalue weighted by Gasteiger charge is 2.22. The third kappa shape index (κ3) is 5.62. The average molecular weight is 338 g/mol. The van der Waals surface area contributed by atoms with Gasteiger partial charge in [0.2, 0.25) is 10.0 Å². The van der Waals surface area contributed by atoms with Crippen LogP contribution in [0, 0.1) is 0 Å². The SMILES string of the molecule is CC(C)(C)NS(=O)(=O)Cc1cccc(C(=O)N2CCCCC2)c1. The first kappa shape index (κ1) is 17.9. The summed E-state index contributed by atoms with van der Waals surface area (Å²) in [6.45, 7) is 6.99. The fourth-order valence-electron chi connectivity index (χ4n) is 2.80. The second-order valence-corrected chi connectivity index (χ2v) is 8.89. The molecule has 6 heteroatoms. The maximum atomic E-state index is 12.5. The summed E-state index contributed by atoms with van der Waals surface area (Å²) in [4.78, 5) is 14.4. The summed E-state index contributed by atoms with van der Waals surface area (Å²) in [5.74, 6) is -0.126. The molecule has 1 aliphatic heterocycles. The smallest absolute Gasteiger partial charge is 0.253 e. The van der Waals surface area contributed by atoms with Crippen LogP contribution in [0.2, 0.25) is 0 Å². The lowest BCUT2D eigenvalue weighted by Gasteiger charge is -2.27. The van der Waals surface area contributed by atoms with Gasteiger partial charge in [-0.1, -0.05) is 12.1 Å². The van der Waals surface area contributed by atoms with Crippen LogP contribution in [0.1, 0.15) is 56.0 Å². The Balaban J connectivity index is 2.12. The molecule has 1 fully saturated rings. The number of piperidine rings is 1. The zero-order valence-corrected chi connectivity index (χ0v) is 14.9. The minimum atomic E-state index is -3.43. The van der Waals surface area contributed by atoms with E-state index in [1.165, 1.54) is 6.42 Å². The van der Waals surface area contributed by atoms with Gasteiger partial charge in [0.1, 0.15) is 0 Å². The van der Waals surface area contributed by atoms with Crippen LogP contribution in [0.4, 0.5) is 0 Å². The van der Waals surface area contributed by atoms with Crippen LogP contribution < -0.4 is 4.72 Å². The largest absolute Gasteiger partial charge is 0.339 e. The monoisotopic (exact) mass is 338 g/mol. The number of likely N-dealkylation sites (tertiary alicyclic amines) is 1. The van der Waals surface area contributed by atoms with Crippen LogP contribution in [-0.2, 0) is 15.8 Å². The molecule has 0 atom stereocenters. The average Bonchev–Trinajstić information content (AvgIpc) is 2.44. The molecule has 1 heterocycles. The second kappa shape index (κ2) is 7.01.